The van der Waals surface area contributed by atoms with Crippen LogP contribution in [0.25, 0.3) is 0 Å². The first-order chi connectivity index (χ1) is 16.0. The molecule has 180 valence electrons. The summed E-state index contributed by atoms with van der Waals surface area (Å²) in [5.41, 5.74) is 0.510. The molecule has 1 saturated heterocycles. The van der Waals surface area contributed by atoms with E-state index in [4.69, 9.17) is 11.6 Å². The minimum atomic E-state index is -4.55. The van der Waals surface area contributed by atoms with Crippen LogP contribution in [0.3, 0.4) is 0 Å². The molecule has 34 heavy (non-hydrogen) atoms. The molecule has 0 radical (unpaired) electrons. The summed E-state index contributed by atoms with van der Waals surface area (Å²) in [5.74, 6) is 0.867. The van der Waals surface area contributed by atoms with Crippen molar-refractivity contribution < 1.29 is 23.1 Å². The molecule has 0 spiro atoms. The number of hydrogen-bond donors (Lipinski definition) is 1. The number of amides is 1. The van der Waals surface area contributed by atoms with Crippen LogP contribution in [0.15, 0.2) is 36.4 Å². The molecule has 3 heterocycles. The maximum absolute atomic E-state index is 13.2. The number of carbonyl (C=O) groups is 1. The average molecular weight is 494 g/mol. The molecule has 1 fully saturated rings. The standard InChI is InChI=1S/C23H23ClF3N5O2/c1-13-16(5-8-20(28-13)23(25,26)27)9-21(34)32-12-18(33)10-19(32)22-30-29-14(2)31(22)11-15-3-6-17(24)7-4-15/h3-8,18-19,33H,9-12H2,1-2H3/t18-,19?/m0/s1. The number of aliphatic hydroxyl groups is 1. The van der Waals surface area contributed by atoms with Crippen molar-refractivity contribution in [1.29, 1.82) is 0 Å². The first-order valence-corrected chi connectivity index (χ1v) is 11.1. The maximum atomic E-state index is 13.2. The number of β-amino-alcohol motifs (C(OH)–C–C–N with tert-alkyl or cyclic N) is 1. The van der Waals surface area contributed by atoms with E-state index in [9.17, 15) is 23.1 Å². The second-order valence-electron chi connectivity index (χ2n) is 8.39. The predicted octanol–water partition coefficient (Wildman–Crippen LogP) is 3.89. The third kappa shape index (κ3) is 5.07. The summed E-state index contributed by atoms with van der Waals surface area (Å²) in [6.07, 6.45) is -5.15. The van der Waals surface area contributed by atoms with Crippen molar-refractivity contribution in [2.24, 2.45) is 0 Å². The summed E-state index contributed by atoms with van der Waals surface area (Å²) in [6, 6.07) is 8.98. The number of rotatable bonds is 5. The van der Waals surface area contributed by atoms with E-state index in [0.29, 0.717) is 28.8 Å². The zero-order valence-electron chi connectivity index (χ0n) is 18.6. The Labute approximate surface area is 199 Å². The largest absolute Gasteiger partial charge is 0.433 e. The Balaban J connectivity index is 1.57. The fourth-order valence-electron chi connectivity index (χ4n) is 4.14. The van der Waals surface area contributed by atoms with Gasteiger partial charge in [0.2, 0.25) is 5.91 Å². The van der Waals surface area contributed by atoms with Gasteiger partial charge in [0.15, 0.2) is 5.82 Å². The summed E-state index contributed by atoms with van der Waals surface area (Å²) in [4.78, 5) is 18.3. The van der Waals surface area contributed by atoms with Crippen molar-refractivity contribution in [3.63, 3.8) is 0 Å². The van der Waals surface area contributed by atoms with E-state index in [1.807, 2.05) is 16.7 Å². The van der Waals surface area contributed by atoms with Gasteiger partial charge in [-0.2, -0.15) is 13.2 Å². The summed E-state index contributed by atoms with van der Waals surface area (Å²) in [5, 5.41) is 19.4. The molecule has 0 aliphatic carbocycles. The van der Waals surface area contributed by atoms with Gasteiger partial charge in [0.25, 0.3) is 0 Å². The second-order valence-corrected chi connectivity index (χ2v) is 8.82. The van der Waals surface area contributed by atoms with Crippen LogP contribution >= 0.6 is 11.6 Å². The number of alkyl halides is 3. The molecule has 1 aliphatic heterocycles. The van der Waals surface area contributed by atoms with E-state index in [1.54, 1.807) is 19.1 Å². The van der Waals surface area contributed by atoms with Gasteiger partial charge in [-0.05, 0) is 43.2 Å². The van der Waals surface area contributed by atoms with Crippen LogP contribution in [-0.4, -0.2) is 48.3 Å². The van der Waals surface area contributed by atoms with Crippen LogP contribution in [0, 0.1) is 13.8 Å². The Hall–Kier alpha value is -2.98. The molecule has 3 aromatic rings. The lowest BCUT2D eigenvalue weighted by Crippen LogP contribution is -2.34. The lowest BCUT2D eigenvalue weighted by atomic mass is 10.1. The molecule has 0 bridgehead atoms. The van der Waals surface area contributed by atoms with Gasteiger partial charge < -0.3 is 14.6 Å². The van der Waals surface area contributed by atoms with Crippen molar-refractivity contribution in [3.05, 3.63) is 75.6 Å². The van der Waals surface area contributed by atoms with Crippen LogP contribution in [0.2, 0.25) is 5.02 Å². The van der Waals surface area contributed by atoms with E-state index in [1.165, 1.54) is 17.9 Å². The summed E-state index contributed by atoms with van der Waals surface area (Å²) in [6.45, 7) is 3.81. The molecular formula is C23H23ClF3N5O2. The SMILES string of the molecule is Cc1nc(C(F)(F)F)ccc1CC(=O)N1C[C@@H](O)CC1c1nnc(C)n1Cc1ccc(Cl)cc1. The average Bonchev–Trinajstić information content (AvgIpc) is 3.33. The lowest BCUT2D eigenvalue weighted by Gasteiger charge is -2.25. The van der Waals surface area contributed by atoms with Gasteiger partial charge in [-0.1, -0.05) is 29.8 Å². The molecule has 1 aromatic carbocycles. The first kappa shape index (κ1) is 24.2. The smallest absolute Gasteiger partial charge is 0.391 e. The van der Waals surface area contributed by atoms with Crippen LogP contribution in [0.4, 0.5) is 13.2 Å². The maximum Gasteiger partial charge on any atom is 0.433 e. The highest BCUT2D eigenvalue weighted by Gasteiger charge is 2.39. The third-order valence-electron chi connectivity index (χ3n) is 5.94. The van der Waals surface area contributed by atoms with Gasteiger partial charge in [0, 0.05) is 23.7 Å². The Kier molecular flexibility index (Phi) is 6.64. The van der Waals surface area contributed by atoms with E-state index in [0.717, 1.165) is 11.6 Å². The van der Waals surface area contributed by atoms with Crippen LogP contribution in [0.5, 0.6) is 0 Å². The molecule has 1 unspecified atom stereocenters. The molecule has 4 rings (SSSR count). The highest BCUT2D eigenvalue weighted by atomic mass is 35.5. The van der Waals surface area contributed by atoms with Gasteiger partial charge in [0.1, 0.15) is 11.5 Å². The van der Waals surface area contributed by atoms with Gasteiger partial charge in [-0.3, -0.25) is 4.79 Å². The van der Waals surface area contributed by atoms with Crippen LogP contribution in [-0.2, 0) is 23.9 Å². The number of aliphatic hydroxyl groups excluding tert-OH is 1. The van der Waals surface area contributed by atoms with Crippen molar-refractivity contribution in [2.75, 3.05) is 6.54 Å². The second kappa shape index (κ2) is 9.34. The fraction of sp³-hybridized carbons (Fsp3) is 0.391. The van der Waals surface area contributed by atoms with E-state index in [-0.39, 0.29) is 31.0 Å². The molecule has 1 aliphatic rings. The quantitative estimate of drug-likeness (QED) is 0.583. The van der Waals surface area contributed by atoms with Crippen molar-refractivity contribution in [2.45, 2.75) is 51.6 Å². The highest BCUT2D eigenvalue weighted by molar-refractivity contribution is 6.30. The number of pyridine rings is 1. The number of nitrogens with zero attached hydrogens (tertiary/aromatic N) is 5. The molecule has 2 atom stereocenters. The topological polar surface area (TPSA) is 84.1 Å². The third-order valence-corrected chi connectivity index (χ3v) is 6.20. The summed E-state index contributed by atoms with van der Waals surface area (Å²) in [7, 11) is 0. The molecule has 1 N–H and O–H groups in total. The number of carbonyl (C=O) groups excluding carboxylic acids is 1. The van der Waals surface area contributed by atoms with Gasteiger partial charge in [-0.15, -0.1) is 10.2 Å². The molecule has 1 amide bonds. The molecule has 7 nitrogen and oxygen atoms in total. The Morgan fingerprint density at radius 3 is 2.50 bits per heavy atom. The zero-order chi connectivity index (χ0) is 24.6. The summed E-state index contributed by atoms with van der Waals surface area (Å²) < 4.78 is 40.6. The predicted molar refractivity (Wildman–Crippen MR) is 118 cm³/mol. The van der Waals surface area contributed by atoms with Crippen LogP contribution < -0.4 is 0 Å². The minimum absolute atomic E-state index is 0.101. The Bertz CT molecular complexity index is 1200. The fourth-order valence-corrected chi connectivity index (χ4v) is 4.27. The number of halogens is 4. The zero-order valence-corrected chi connectivity index (χ0v) is 19.3. The number of aromatic nitrogens is 4. The molecule has 11 heteroatoms. The van der Waals surface area contributed by atoms with Gasteiger partial charge in [0.05, 0.1) is 25.1 Å². The molecular weight excluding hydrogens is 471 g/mol. The number of hydrogen-bond acceptors (Lipinski definition) is 5. The molecule has 2 aromatic heterocycles. The van der Waals surface area contributed by atoms with Gasteiger partial charge in [-0.25, -0.2) is 4.98 Å². The lowest BCUT2D eigenvalue weighted by molar-refractivity contribution is -0.141. The number of likely N-dealkylation sites (tertiary alicyclic amines) is 1. The number of benzene rings is 1. The van der Waals surface area contributed by atoms with Crippen molar-refractivity contribution in [3.8, 4) is 0 Å². The first-order valence-electron chi connectivity index (χ1n) is 10.7. The van der Waals surface area contributed by atoms with E-state index in [2.05, 4.69) is 15.2 Å². The van der Waals surface area contributed by atoms with Gasteiger partial charge >= 0.3 is 6.18 Å². The summed E-state index contributed by atoms with van der Waals surface area (Å²) >= 11 is 5.97. The van der Waals surface area contributed by atoms with Crippen LogP contribution in [0.1, 0.15) is 46.6 Å². The molecule has 0 saturated carbocycles. The van der Waals surface area contributed by atoms with Crippen molar-refractivity contribution >= 4 is 17.5 Å². The number of aryl methyl sites for hydroxylation is 2. The van der Waals surface area contributed by atoms with Crippen molar-refractivity contribution in [1.82, 2.24) is 24.6 Å². The monoisotopic (exact) mass is 493 g/mol. The highest BCUT2D eigenvalue weighted by Crippen LogP contribution is 2.33. The Morgan fingerprint density at radius 1 is 1.15 bits per heavy atom. The normalized spacial score (nSPS) is 18.5. The minimum Gasteiger partial charge on any atom is -0.391 e. The Morgan fingerprint density at radius 2 is 1.85 bits per heavy atom. The van der Waals surface area contributed by atoms with E-state index < -0.39 is 24.0 Å². The van der Waals surface area contributed by atoms with E-state index >= 15 is 0 Å².